The standard InChI is InChI=1S/C15H15F2NO/c1-18-9-12-6-14(17)8-15(7-12)19-10-11-2-4-13(16)5-3-11/h2-8,18H,9-10H2,1H3. The van der Waals surface area contributed by atoms with E-state index >= 15 is 0 Å². The monoisotopic (exact) mass is 263 g/mol. The highest BCUT2D eigenvalue weighted by Crippen LogP contribution is 2.18. The molecule has 19 heavy (non-hydrogen) atoms. The van der Waals surface area contributed by atoms with Crippen LogP contribution in [0.2, 0.25) is 0 Å². The molecule has 0 spiro atoms. The Morgan fingerprint density at radius 3 is 2.37 bits per heavy atom. The Balaban J connectivity index is 2.04. The first-order chi connectivity index (χ1) is 9.17. The van der Waals surface area contributed by atoms with Crippen molar-refractivity contribution in [2.45, 2.75) is 13.2 Å². The van der Waals surface area contributed by atoms with Gasteiger partial charge in [0.1, 0.15) is 24.0 Å². The molecule has 0 fully saturated rings. The summed E-state index contributed by atoms with van der Waals surface area (Å²) in [7, 11) is 1.80. The maximum absolute atomic E-state index is 13.4. The molecule has 2 aromatic rings. The predicted octanol–water partition coefficient (Wildman–Crippen LogP) is 3.26. The molecule has 0 radical (unpaired) electrons. The lowest BCUT2D eigenvalue weighted by Gasteiger charge is -2.09. The van der Waals surface area contributed by atoms with Gasteiger partial charge in [-0.2, -0.15) is 0 Å². The highest BCUT2D eigenvalue weighted by Gasteiger charge is 2.02. The number of hydrogen-bond acceptors (Lipinski definition) is 2. The minimum absolute atomic E-state index is 0.280. The van der Waals surface area contributed by atoms with Gasteiger partial charge in [-0.25, -0.2) is 8.78 Å². The molecule has 2 aromatic carbocycles. The van der Waals surface area contributed by atoms with Crippen molar-refractivity contribution in [3.05, 3.63) is 65.2 Å². The zero-order valence-electron chi connectivity index (χ0n) is 10.6. The van der Waals surface area contributed by atoms with Gasteiger partial charge in [0.05, 0.1) is 0 Å². The van der Waals surface area contributed by atoms with E-state index in [1.165, 1.54) is 24.3 Å². The largest absolute Gasteiger partial charge is 0.489 e. The van der Waals surface area contributed by atoms with Crippen LogP contribution in [-0.4, -0.2) is 7.05 Å². The molecule has 0 aliphatic rings. The smallest absolute Gasteiger partial charge is 0.127 e. The van der Waals surface area contributed by atoms with Crippen LogP contribution in [0.25, 0.3) is 0 Å². The summed E-state index contributed by atoms with van der Waals surface area (Å²) in [6.07, 6.45) is 0. The van der Waals surface area contributed by atoms with E-state index in [1.54, 1.807) is 25.2 Å². The van der Waals surface area contributed by atoms with Crippen LogP contribution < -0.4 is 10.1 Å². The third kappa shape index (κ3) is 4.03. The Kier molecular flexibility index (Phi) is 4.47. The second-order valence-electron chi connectivity index (χ2n) is 4.24. The van der Waals surface area contributed by atoms with Gasteiger partial charge < -0.3 is 10.1 Å². The lowest BCUT2D eigenvalue weighted by Crippen LogP contribution is -2.06. The molecule has 0 amide bonds. The molecular weight excluding hydrogens is 248 g/mol. The number of halogens is 2. The van der Waals surface area contributed by atoms with Gasteiger partial charge in [-0.1, -0.05) is 12.1 Å². The summed E-state index contributed by atoms with van der Waals surface area (Å²) < 4.78 is 31.6. The lowest BCUT2D eigenvalue weighted by atomic mass is 10.2. The van der Waals surface area contributed by atoms with Crippen LogP contribution in [0.5, 0.6) is 5.75 Å². The van der Waals surface area contributed by atoms with E-state index in [-0.39, 0.29) is 18.2 Å². The summed E-state index contributed by atoms with van der Waals surface area (Å²) in [5, 5.41) is 2.95. The first-order valence-corrected chi connectivity index (χ1v) is 5.98. The van der Waals surface area contributed by atoms with E-state index in [9.17, 15) is 8.78 Å². The zero-order chi connectivity index (χ0) is 13.7. The molecule has 0 aliphatic carbocycles. The molecule has 0 aromatic heterocycles. The van der Waals surface area contributed by atoms with E-state index in [2.05, 4.69) is 5.32 Å². The first kappa shape index (κ1) is 13.5. The fourth-order valence-corrected chi connectivity index (χ4v) is 1.76. The Morgan fingerprint density at radius 2 is 1.68 bits per heavy atom. The fourth-order valence-electron chi connectivity index (χ4n) is 1.76. The second-order valence-corrected chi connectivity index (χ2v) is 4.24. The van der Waals surface area contributed by atoms with Crippen molar-refractivity contribution in [3.8, 4) is 5.75 Å². The molecule has 0 atom stereocenters. The minimum Gasteiger partial charge on any atom is -0.489 e. The van der Waals surface area contributed by atoms with E-state index < -0.39 is 0 Å². The maximum Gasteiger partial charge on any atom is 0.127 e. The van der Waals surface area contributed by atoms with Crippen molar-refractivity contribution < 1.29 is 13.5 Å². The van der Waals surface area contributed by atoms with Gasteiger partial charge >= 0.3 is 0 Å². The topological polar surface area (TPSA) is 21.3 Å². The van der Waals surface area contributed by atoms with Crippen molar-refractivity contribution in [3.63, 3.8) is 0 Å². The molecule has 0 saturated carbocycles. The fraction of sp³-hybridized carbons (Fsp3) is 0.200. The van der Waals surface area contributed by atoms with Gasteiger partial charge in [0.2, 0.25) is 0 Å². The molecule has 0 saturated heterocycles. The van der Waals surface area contributed by atoms with Crippen LogP contribution in [0.1, 0.15) is 11.1 Å². The number of rotatable bonds is 5. The van der Waals surface area contributed by atoms with Gasteiger partial charge in [0.15, 0.2) is 0 Å². The van der Waals surface area contributed by atoms with E-state index in [4.69, 9.17) is 4.74 Å². The molecule has 0 unspecified atom stereocenters. The van der Waals surface area contributed by atoms with Crippen molar-refractivity contribution in [2.24, 2.45) is 0 Å². The van der Waals surface area contributed by atoms with Crippen molar-refractivity contribution >= 4 is 0 Å². The Labute approximate surface area is 111 Å². The zero-order valence-corrected chi connectivity index (χ0v) is 10.6. The molecule has 0 bridgehead atoms. The Morgan fingerprint density at radius 1 is 0.947 bits per heavy atom. The number of hydrogen-bond donors (Lipinski definition) is 1. The van der Waals surface area contributed by atoms with Crippen LogP contribution in [0, 0.1) is 11.6 Å². The highest BCUT2D eigenvalue weighted by atomic mass is 19.1. The highest BCUT2D eigenvalue weighted by molar-refractivity contribution is 5.30. The normalized spacial score (nSPS) is 10.5. The maximum atomic E-state index is 13.4. The SMILES string of the molecule is CNCc1cc(F)cc(OCc2ccc(F)cc2)c1. The van der Waals surface area contributed by atoms with Crippen LogP contribution >= 0.6 is 0 Å². The van der Waals surface area contributed by atoms with Gasteiger partial charge in [0, 0.05) is 12.6 Å². The predicted molar refractivity (Wildman–Crippen MR) is 69.9 cm³/mol. The molecule has 4 heteroatoms. The van der Waals surface area contributed by atoms with Crippen molar-refractivity contribution in [1.29, 1.82) is 0 Å². The van der Waals surface area contributed by atoms with Crippen molar-refractivity contribution in [2.75, 3.05) is 7.05 Å². The third-order valence-electron chi connectivity index (χ3n) is 2.63. The molecule has 0 heterocycles. The molecule has 1 N–H and O–H groups in total. The Bertz CT molecular complexity index is 540. The van der Waals surface area contributed by atoms with Crippen molar-refractivity contribution in [1.82, 2.24) is 5.32 Å². The summed E-state index contributed by atoms with van der Waals surface area (Å²) in [4.78, 5) is 0. The summed E-state index contributed by atoms with van der Waals surface area (Å²) >= 11 is 0. The molecule has 2 rings (SSSR count). The first-order valence-electron chi connectivity index (χ1n) is 5.98. The number of ether oxygens (including phenoxy) is 1. The average Bonchev–Trinajstić information content (AvgIpc) is 2.38. The number of nitrogens with one attached hydrogen (secondary N) is 1. The quantitative estimate of drug-likeness (QED) is 0.894. The molecule has 2 nitrogen and oxygen atoms in total. The third-order valence-corrected chi connectivity index (χ3v) is 2.63. The van der Waals surface area contributed by atoms with Gasteiger partial charge in [-0.15, -0.1) is 0 Å². The lowest BCUT2D eigenvalue weighted by molar-refractivity contribution is 0.304. The molecule has 100 valence electrons. The molecule has 0 aliphatic heterocycles. The van der Waals surface area contributed by atoms with Crippen LogP contribution in [-0.2, 0) is 13.2 Å². The average molecular weight is 263 g/mol. The van der Waals surface area contributed by atoms with E-state index in [0.29, 0.717) is 12.3 Å². The minimum atomic E-state index is -0.332. The number of benzene rings is 2. The van der Waals surface area contributed by atoms with E-state index in [1.807, 2.05) is 0 Å². The second kappa shape index (κ2) is 6.29. The van der Waals surface area contributed by atoms with E-state index in [0.717, 1.165) is 11.1 Å². The summed E-state index contributed by atoms with van der Waals surface area (Å²) in [6, 6.07) is 10.6. The summed E-state index contributed by atoms with van der Waals surface area (Å²) in [5.41, 5.74) is 1.65. The van der Waals surface area contributed by atoms with Crippen LogP contribution in [0.15, 0.2) is 42.5 Å². The summed E-state index contributed by atoms with van der Waals surface area (Å²) in [5.74, 6) is -0.151. The van der Waals surface area contributed by atoms with Gasteiger partial charge in [-0.05, 0) is 42.4 Å². The van der Waals surface area contributed by atoms with Crippen LogP contribution in [0.3, 0.4) is 0 Å². The van der Waals surface area contributed by atoms with Gasteiger partial charge in [0.25, 0.3) is 0 Å². The summed E-state index contributed by atoms with van der Waals surface area (Å²) in [6.45, 7) is 0.855. The van der Waals surface area contributed by atoms with Crippen LogP contribution in [0.4, 0.5) is 8.78 Å². The van der Waals surface area contributed by atoms with Gasteiger partial charge in [-0.3, -0.25) is 0 Å². The Hall–Kier alpha value is -1.94. The molecular formula is C15H15F2NO.